The van der Waals surface area contributed by atoms with Crippen LogP contribution in [0.1, 0.15) is 11.1 Å². The first-order valence-electron chi connectivity index (χ1n) is 11.7. The molecule has 2 bridgehead atoms. The fourth-order valence-electron chi connectivity index (χ4n) is 6.01. The molecule has 2 fully saturated rings. The van der Waals surface area contributed by atoms with E-state index in [1.54, 1.807) is 0 Å². The second-order valence-corrected chi connectivity index (χ2v) is 9.18. The Morgan fingerprint density at radius 3 is 1.83 bits per heavy atom. The first-order chi connectivity index (χ1) is 17.5. The van der Waals surface area contributed by atoms with Crippen molar-refractivity contribution in [3.8, 4) is 5.75 Å². The van der Waals surface area contributed by atoms with Crippen LogP contribution in [0.4, 0.5) is 11.4 Å². The molecule has 1 saturated heterocycles. The van der Waals surface area contributed by atoms with Crippen molar-refractivity contribution < 1.29 is 19.2 Å². The minimum atomic E-state index is -0.561. The number of methoxy groups -OCH3 is 1. The molecule has 6 rings (SSSR count). The molecule has 3 aromatic rings. The Morgan fingerprint density at radius 1 is 0.833 bits per heavy atom. The number of anilines is 1. The number of rotatable bonds is 5. The number of non-ortho nitro benzene ring substituents is 1. The molecule has 1 saturated carbocycles. The van der Waals surface area contributed by atoms with Crippen LogP contribution in [-0.4, -0.2) is 23.8 Å². The van der Waals surface area contributed by atoms with Crippen LogP contribution in [0.3, 0.4) is 0 Å². The maximum Gasteiger partial charge on any atom is 0.271 e. The van der Waals surface area contributed by atoms with Crippen molar-refractivity contribution in [3.63, 3.8) is 0 Å². The van der Waals surface area contributed by atoms with Gasteiger partial charge in [0.25, 0.3) is 5.69 Å². The number of nitro groups is 1. The fourth-order valence-corrected chi connectivity index (χ4v) is 6.01. The lowest BCUT2D eigenvalue weighted by atomic mass is 9.85. The number of benzene rings is 3. The van der Waals surface area contributed by atoms with Crippen molar-refractivity contribution in [1.82, 2.24) is 0 Å². The average Bonchev–Trinajstić information content (AvgIpc) is 3.54. The monoisotopic (exact) mass is 478 g/mol. The number of nitrogens with zero attached hydrogens (tertiary/aromatic N) is 2. The zero-order chi connectivity index (χ0) is 25.0. The van der Waals surface area contributed by atoms with Gasteiger partial charge in [0.05, 0.1) is 23.9 Å². The minimum absolute atomic E-state index is 0.118. The topological polar surface area (TPSA) is 89.8 Å². The van der Waals surface area contributed by atoms with E-state index >= 15 is 0 Å². The summed E-state index contributed by atoms with van der Waals surface area (Å²) in [6.45, 7) is 0. The van der Waals surface area contributed by atoms with Crippen LogP contribution in [0, 0.1) is 33.8 Å². The normalized spacial score (nSPS) is 23.8. The van der Waals surface area contributed by atoms with Gasteiger partial charge in [-0.05, 0) is 28.3 Å². The molecule has 1 aliphatic heterocycles. The summed E-state index contributed by atoms with van der Waals surface area (Å²) in [6, 6.07) is 24.0. The Morgan fingerprint density at radius 2 is 1.36 bits per heavy atom. The molecule has 2 amide bonds. The van der Waals surface area contributed by atoms with Gasteiger partial charge in [-0.25, -0.2) is 4.90 Å². The summed E-state index contributed by atoms with van der Waals surface area (Å²) < 4.78 is 5.36. The van der Waals surface area contributed by atoms with E-state index in [1.807, 2.05) is 72.8 Å². The van der Waals surface area contributed by atoms with Crippen molar-refractivity contribution in [2.75, 3.05) is 12.0 Å². The molecule has 0 unspecified atom stereocenters. The summed E-state index contributed by atoms with van der Waals surface area (Å²) in [7, 11) is 1.41. The van der Waals surface area contributed by atoms with Gasteiger partial charge in [-0.15, -0.1) is 0 Å². The Labute approximate surface area is 207 Å². The first-order valence-corrected chi connectivity index (χ1v) is 11.7. The molecule has 0 N–H and O–H groups in total. The molecule has 3 aromatic carbocycles. The van der Waals surface area contributed by atoms with E-state index in [0.717, 1.165) is 27.2 Å². The predicted molar refractivity (Wildman–Crippen MR) is 134 cm³/mol. The quantitative estimate of drug-likeness (QED) is 0.222. The average molecular weight is 479 g/mol. The molecule has 0 radical (unpaired) electrons. The third-order valence-electron chi connectivity index (χ3n) is 7.44. The van der Waals surface area contributed by atoms with Gasteiger partial charge in [0.1, 0.15) is 11.4 Å². The lowest BCUT2D eigenvalue weighted by Crippen LogP contribution is -2.33. The summed E-state index contributed by atoms with van der Waals surface area (Å²) in [5.74, 6) is -2.05. The number of hydrogen-bond donors (Lipinski definition) is 0. The molecule has 4 atom stereocenters. The summed E-state index contributed by atoms with van der Waals surface area (Å²) in [5, 5.41) is 11.4. The summed E-state index contributed by atoms with van der Waals surface area (Å²) >= 11 is 0. The van der Waals surface area contributed by atoms with Crippen molar-refractivity contribution in [2.45, 2.75) is 0 Å². The van der Waals surface area contributed by atoms with E-state index < -0.39 is 16.8 Å². The number of hydrogen-bond acceptors (Lipinski definition) is 5. The summed E-state index contributed by atoms with van der Waals surface area (Å²) in [4.78, 5) is 39.5. The van der Waals surface area contributed by atoms with Gasteiger partial charge < -0.3 is 4.74 Å². The van der Waals surface area contributed by atoms with E-state index in [0.29, 0.717) is 0 Å². The number of imide groups is 1. The van der Waals surface area contributed by atoms with E-state index in [9.17, 15) is 19.7 Å². The first kappa shape index (κ1) is 22.0. The van der Waals surface area contributed by atoms with Crippen LogP contribution >= 0.6 is 0 Å². The van der Waals surface area contributed by atoms with Crippen molar-refractivity contribution in [1.29, 1.82) is 0 Å². The molecule has 3 aliphatic rings. The van der Waals surface area contributed by atoms with E-state index in [2.05, 4.69) is 0 Å². The van der Waals surface area contributed by atoms with Crippen molar-refractivity contribution in [2.24, 2.45) is 23.7 Å². The standard InChI is InChI=1S/C29H22N2O5/c1-36-23-15-12-19(31(34)35)16-22(23)30-28(32)26-20-13-14-21(27(26)29(30)33)25(20)24(17-8-4-2-5-9-17)18-10-6-3-7-11-18/h2-16,20-21,26-27H,1H3/t20-,21-,26+,27+/m1/s1. The van der Waals surface area contributed by atoms with Gasteiger partial charge in [0.15, 0.2) is 0 Å². The number of amides is 2. The van der Waals surface area contributed by atoms with Gasteiger partial charge in [-0.3, -0.25) is 19.7 Å². The number of carbonyl (C=O) groups is 2. The largest absolute Gasteiger partial charge is 0.495 e. The lowest BCUT2D eigenvalue weighted by molar-refractivity contribution is -0.384. The number of allylic oxidation sites excluding steroid dienone is 3. The molecule has 178 valence electrons. The smallest absolute Gasteiger partial charge is 0.271 e. The minimum Gasteiger partial charge on any atom is -0.495 e. The second kappa shape index (κ2) is 8.30. The highest BCUT2D eigenvalue weighted by Gasteiger charge is 2.62. The van der Waals surface area contributed by atoms with Crippen LogP contribution in [-0.2, 0) is 9.59 Å². The van der Waals surface area contributed by atoms with E-state index in [1.165, 1.54) is 25.3 Å². The van der Waals surface area contributed by atoms with Crippen LogP contribution < -0.4 is 9.64 Å². The molecule has 36 heavy (non-hydrogen) atoms. The summed E-state index contributed by atoms with van der Waals surface area (Å²) in [6.07, 6.45) is 4.07. The third kappa shape index (κ3) is 3.12. The number of fused-ring (bicyclic) bond motifs is 5. The molecular weight excluding hydrogens is 456 g/mol. The Balaban J connectivity index is 1.48. The van der Waals surface area contributed by atoms with Crippen LogP contribution in [0.25, 0.3) is 5.57 Å². The zero-order valence-corrected chi connectivity index (χ0v) is 19.4. The second-order valence-electron chi connectivity index (χ2n) is 9.18. The zero-order valence-electron chi connectivity index (χ0n) is 19.4. The molecule has 0 spiro atoms. The van der Waals surface area contributed by atoms with Gasteiger partial charge in [0.2, 0.25) is 11.8 Å². The Hall–Kier alpha value is -4.52. The van der Waals surface area contributed by atoms with Gasteiger partial charge in [0, 0.05) is 24.0 Å². The number of nitro benzene ring substituents is 1. The van der Waals surface area contributed by atoms with Crippen molar-refractivity contribution in [3.05, 3.63) is 118 Å². The van der Waals surface area contributed by atoms with E-state index in [-0.39, 0.29) is 40.8 Å². The Bertz CT molecular complexity index is 1390. The molecular formula is C29H22N2O5. The maximum absolute atomic E-state index is 13.8. The van der Waals surface area contributed by atoms with Crippen LogP contribution in [0.2, 0.25) is 0 Å². The van der Waals surface area contributed by atoms with Gasteiger partial charge >= 0.3 is 0 Å². The molecule has 2 aliphatic carbocycles. The van der Waals surface area contributed by atoms with Crippen LogP contribution in [0.5, 0.6) is 5.75 Å². The van der Waals surface area contributed by atoms with Gasteiger partial charge in [-0.2, -0.15) is 0 Å². The lowest BCUT2D eigenvalue weighted by Gasteiger charge is -2.22. The maximum atomic E-state index is 13.8. The predicted octanol–water partition coefficient (Wildman–Crippen LogP) is 5.03. The molecule has 7 nitrogen and oxygen atoms in total. The number of ether oxygens (including phenoxy) is 1. The van der Waals surface area contributed by atoms with Crippen LogP contribution in [0.15, 0.2) is 96.6 Å². The van der Waals surface area contributed by atoms with Crippen molar-refractivity contribution >= 4 is 28.8 Å². The summed E-state index contributed by atoms with van der Waals surface area (Å²) in [5.41, 5.74) is 4.11. The molecule has 0 aromatic heterocycles. The highest BCUT2D eigenvalue weighted by Crippen LogP contribution is 2.59. The molecule has 1 heterocycles. The van der Waals surface area contributed by atoms with Gasteiger partial charge in [-0.1, -0.05) is 72.8 Å². The number of carbonyl (C=O) groups excluding carboxylic acids is 2. The highest BCUT2D eigenvalue weighted by molar-refractivity contribution is 6.24. The molecule has 7 heteroatoms. The highest BCUT2D eigenvalue weighted by atomic mass is 16.6. The van der Waals surface area contributed by atoms with E-state index in [4.69, 9.17) is 4.74 Å². The fraction of sp³-hybridized carbons (Fsp3) is 0.172. The third-order valence-corrected chi connectivity index (χ3v) is 7.44. The SMILES string of the molecule is COc1ccc([N+](=O)[O-])cc1N1C(=O)[C@@H]2[C@@H](C1=O)[C@@H]1C=C[C@@H]2C1=C(c1ccccc1)c1ccccc1. The Kier molecular flexibility index (Phi) is 5.07.